The molecule has 1 aliphatic rings. The van der Waals surface area contributed by atoms with Crippen molar-refractivity contribution in [1.82, 2.24) is 0 Å². The summed E-state index contributed by atoms with van der Waals surface area (Å²) in [5.74, 6) is 0.278. The average Bonchev–Trinajstić information content (AvgIpc) is 2.59. The van der Waals surface area contributed by atoms with Crippen LogP contribution < -0.4 is 0 Å². The fourth-order valence-corrected chi connectivity index (χ4v) is 0.881. The number of carbonyl (C=O) groups excluding carboxylic acids is 1. The third-order valence-electron chi connectivity index (χ3n) is 1.45. The third-order valence-corrected chi connectivity index (χ3v) is 1.45. The summed E-state index contributed by atoms with van der Waals surface area (Å²) in [5.41, 5.74) is 0.956. The summed E-state index contributed by atoms with van der Waals surface area (Å²) in [6.45, 7) is 6.39. The van der Waals surface area contributed by atoms with E-state index in [4.69, 9.17) is 4.65 Å². The Hall–Kier alpha value is -1.11. The maximum absolute atomic E-state index is 10.9. The molecule has 0 saturated heterocycles. The molecule has 0 heterocycles. The Bertz CT molecular complexity index is 209. The van der Waals surface area contributed by atoms with Crippen molar-refractivity contribution < 1.29 is 9.45 Å². The van der Waals surface area contributed by atoms with Crippen LogP contribution in [-0.2, 0) is 9.45 Å². The maximum atomic E-state index is 10.9. The SMILES string of the molecule is CCC(=O)C1=CC=CC1.[C-]#[O+]. The molecule has 2 nitrogen and oxygen atoms in total. The van der Waals surface area contributed by atoms with E-state index in [9.17, 15) is 4.79 Å². The van der Waals surface area contributed by atoms with Gasteiger partial charge in [-0.2, -0.15) is 0 Å². The van der Waals surface area contributed by atoms with E-state index in [1.54, 1.807) is 0 Å². The van der Waals surface area contributed by atoms with Gasteiger partial charge in [0.25, 0.3) is 0 Å². The van der Waals surface area contributed by atoms with E-state index >= 15 is 0 Å². The number of Topliss-reactive ketones (excluding diaryl/α,β-unsaturated/α-hetero) is 1. The van der Waals surface area contributed by atoms with Crippen LogP contribution in [0.3, 0.4) is 0 Å². The first-order valence-electron chi connectivity index (χ1n) is 3.44. The summed E-state index contributed by atoms with van der Waals surface area (Å²) in [5, 5.41) is 0. The molecule has 0 radical (unpaired) electrons. The van der Waals surface area contributed by atoms with Gasteiger partial charge in [0, 0.05) is 6.42 Å². The second-order valence-electron chi connectivity index (χ2n) is 2.10. The van der Waals surface area contributed by atoms with Crippen molar-refractivity contribution in [3.63, 3.8) is 0 Å². The van der Waals surface area contributed by atoms with E-state index in [-0.39, 0.29) is 5.78 Å². The molecule has 0 aliphatic heterocycles. The van der Waals surface area contributed by atoms with E-state index < -0.39 is 0 Å². The van der Waals surface area contributed by atoms with Gasteiger partial charge in [-0.05, 0) is 12.0 Å². The minimum absolute atomic E-state index is 0.278. The summed E-state index contributed by atoms with van der Waals surface area (Å²) in [4.78, 5) is 10.9. The van der Waals surface area contributed by atoms with Crippen LogP contribution in [0.4, 0.5) is 0 Å². The van der Waals surface area contributed by atoms with Crippen LogP contribution in [0.1, 0.15) is 19.8 Å². The molecule has 0 fully saturated rings. The molecule has 0 unspecified atom stereocenters. The van der Waals surface area contributed by atoms with Crippen molar-refractivity contribution >= 4 is 5.78 Å². The number of rotatable bonds is 2. The van der Waals surface area contributed by atoms with Crippen LogP contribution in [0, 0.1) is 6.65 Å². The van der Waals surface area contributed by atoms with Gasteiger partial charge >= 0.3 is 11.3 Å². The van der Waals surface area contributed by atoms with Crippen molar-refractivity contribution in [2.24, 2.45) is 0 Å². The van der Waals surface area contributed by atoms with Crippen LogP contribution in [-0.4, -0.2) is 5.78 Å². The monoisotopic (exact) mass is 150 g/mol. The molecule has 1 aliphatic carbocycles. The molecular weight excluding hydrogens is 140 g/mol. The van der Waals surface area contributed by atoms with Gasteiger partial charge in [0.2, 0.25) is 0 Å². The molecule has 2 heteroatoms. The van der Waals surface area contributed by atoms with E-state index in [2.05, 4.69) is 6.65 Å². The molecule has 0 aromatic carbocycles. The van der Waals surface area contributed by atoms with Crippen LogP contribution in [0.5, 0.6) is 0 Å². The molecule has 0 spiro atoms. The van der Waals surface area contributed by atoms with Crippen LogP contribution >= 0.6 is 0 Å². The third kappa shape index (κ3) is 2.99. The second kappa shape index (κ2) is 5.66. The van der Waals surface area contributed by atoms with Gasteiger partial charge in [0.15, 0.2) is 5.78 Å². The fraction of sp³-hybridized carbons (Fsp3) is 0.333. The van der Waals surface area contributed by atoms with Crippen LogP contribution in [0.25, 0.3) is 0 Å². The zero-order valence-corrected chi connectivity index (χ0v) is 6.46. The molecule has 58 valence electrons. The predicted octanol–water partition coefficient (Wildman–Crippen LogP) is 1.81. The Morgan fingerprint density at radius 1 is 1.73 bits per heavy atom. The Morgan fingerprint density at radius 2 is 2.36 bits per heavy atom. The fourth-order valence-electron chi connectivity index (χ4n) is 0.881. The predicted molar refractivity (Wildman–Crippen MR) is 41.1 cm³/mol. The number of hydrogen-bond donors (Lipinski definition) is 0. The summed E-state index contributed by atoms with van der Waals surface area (Å²) < 4.78 is 7.50. The Labute approximate surface area is 66.3 Å². The molecular formula is C9H10O2. The van der Waals surface area contributed by atoms with Gasteiger partial charge in [-0.3, -0.25) is 4.79 Å². The number of carbonyl (C=O) groups is 1. The van der Waals surface area contributed by atoms with Gasteiger partial charge in [0.05, 0.1) is 0 Å². The molecule has 0 saturated carbocycles. The topological polar surface area (TPSA) is 37.0 Å². The normalized spacial score (nSPS) is 13.2. The molecule has 0 aromatic heterocycles. The van der Waals surface area contributed by atoms with E-state index in [1.165, 1.54) is 0 Å². The van der Waals surface area contributed by atoms with E-state index in [1.807, 2.05) is 25.2 Å². The molecule has 0 amide bonds. The molecule has 0 atom stereocenters. The van der Waals surface area contributed by atoms with E-state index in [0.29, 0.717) is 6.42 Å². The minimum atomic E-state index is 0.278. The zero-order chi connectivity index (χ0) is 8.69. The summed E-state index contributed by atoms with van der Waals surface area (Å²) in [6.07, 6.45) is 7.30. The van der Waals surface area contributed by atoms with Gasteiger partial charge in [-0.15, -0.1) is 0 Å². The molecule has 0 aromatic rings. The number of allylic oxidation sites excluding steroid dienone is 4. The molecule has 1 rings (SSSR count). The summed E-state index contributed by atoms with van der Waals surface area (Å²) in [6, 6.07) is 0. The Morgan fingerprint density at radius 3 is 2.73 bits per heavy atom. The molecule has 0 N–H and O–H groups in total. The van der Waals surface area contributed by atoms with Crippen molar-refractivity contribution in [1.29, 1.82) is 0 Å². The van der Waals surface area contributed by atoms with Crippen molar-refractivity contribution in [2.45, 2.75) is 19.8 Å². The van der Waals surface area contributed by atoms with Gasteiger partial charge in [0.1, 0.15) is 0 Å². The second-order valence-corrected chi connectivity index (χ2v) is 2.10. The van der Waals surface area contributed by atoms with Crippen LogP contribution in [0.2, 0.25) is 0 Å². The van der Waals surface area contributed by atoms with Gasteiger partial charge < -0.3 is 0 Å². The van der Waals surface area contributed by atoms with E-state index in [0.717, 1.165) is 12.0 Å². The Balaban J connectivity index is 0.000000461. The van der Waals surface area contributed by atoms with Crippen LogP contribution in [0.15, 0.2) is 23.8 Å². The molecule has 0 bridgehead atoms. The first-order chi connectivity index (χ1) is 5.34. The Kier molecular flexibility index (Phi) is 5.09. The number of ketones is 1. The summed E-state index contributed by atoms with van der Waals surface area (Å²) >= 11 is 0. The summed E-state index contributed by atoms with van der Waals surface area (Å²) in [7, 11) is 0. The van der Waals surface area contributed by atoms with Crippen molar-refractivity contribution in [3.8, 4) is 0 Å². The van der Waals surface area contributed by atoms with Gasteiger partial charge in [-0.25, -0.2) is 0 Å². The first-order valence-corrected chi connectivity index (χ1v) is 3.44. The molecule has 11 heavy (non-hydrogen) atoms. The van der Waals surface area contributed by atoms with Gasteiger partial charge in [-0.1, -0.05) is 25.2 Å². The van der Waals surface area contributed by atoms with Crippen molar-refractivity contribution in [2.75, 3.05) is 0 Å². The quantitative estimate of drug-likeness (QED) is 0.437. The number of hydrogen-bond acceptors (Lipinski definition) is 1. The average molecular weight is 150 g/mol. The van der Waals surface area contributed by atoms with Crippen molar-refractivity contribution in [3.05, 3.63) is 30.5 Å². The first kappa shape index (κ1) is 9.89. The standard InChI is InChI=1S/C8H10O.CO/c1-2-8(9)7-5-3-4-6-7;1-2/h3-5H,2,6H2,1H3;. The zero-order valence-electron chi connectivity index (χ0n) is 6.46.